The molecule has 12 rings (SSSR count). The Balaban J connectivity index is 1.19. The molecule has 0 N–H and O–H groups in total. The third-order valence-electron chi connectivity index (χ3n) is 12.9. The van der Waals surface area contributed by atoms with E-state index in [2.05, 4.69) is 242 Å². The van der Waals surface area contributed by atoms with Crippen LogP contribution >= 0.6 is 0 Å². The second kappa shape index (κ2) is 15.9. The number of anilines is 3. The number of hydrogen-bond acceptors (Lipinski definition) is 2. The van der Waals surface area contributed by atoms with Crippen molar-refractivity contribution in [1.82, 2.24) is 0 Å². The Morgan fingerprint density at radius 3 is 1.69 bits per heavy atom. The molecule has 1 aromatic heterocycles. The van der Waals surface area contributed by atoms with Crippen molar-refractivity contribution < 1.29 is 4.42 Å². The summed E-state index contributed by atoms with van der Waals surface area (Å²) in [6.45, 7) is 0. The zero-order valence-electron chi connectivity index (χ0n) is 35.3. The summed E-state index contributed by atoms with van der Waals surface area (Å²) in [5.74, 6) is 0. The van der Waals surface area contributed by atoms with Gasteiger partial charge in [-0.05, 0) is 134 Å². The molecule has 0 saturated carbocycles. The number of allylic oxidation sites excluding steroid dienone is 4. The fourth-order valence-corrected chi connectivity index (χ4v) is 9.72. The Morgan fingerprint density at radius 2 is 0.953 bits per heavy atom. The van der Waals surface area contributed by atoms with Crippen molar-refractivity contribution >= 4 is 66.1 Å². The molecule has 0 bridgehead atoms. The highest BCUT2D eigenvalue weighted by molar-refractivity contribution is 6.22. The van der Waals surface area contributed by atoms with E-state index in [9.17, 15) is 0 Å². The number of benzene rings is 10. The summed E-state index contributed by atoms with van der Waals surface area (Å²) in [4.78, 5) is 2.43. The highest BCUT2D eigenvalue weighted by Crippen LogP contribution is 2.50. The van der Waals surface area contributed by atoms with Gasteiger partial charge in [0.25, 0.3) is 0 Å². The highest BCUT2D eigenvalue weighted by Gasteiger charge is 2.26. The Morgan fingerprint density at radius 1 is 0.359 bits per heavy atom. The van der Waals surface area contributed by atoms with Crippen molar-refractivity contribution in [2.24, 2.45) is 0 Å². The van der Waals surface area contributed by atoms with E-state index >= 15 is 0 Å². The molecule has 0 unspecified atom stereocenters. The predicted octanol–water partition coefficient (Wildman–Crippen LogP) is 17.8. The minimum Gasteiger partial charge on any atom is -0.453 e. The quantitative estimate of drug-likeness (QED) is 0.152. The van der Waals surface area contributed by atoms with Gasteiger partial charge < -0.3 is 9.32 Å². The number of rotatable bonds is 8. The molecule has 1 heterocycles. The first kappa shape index (κ1) is 37.6. The minimum atomic E-state index is 0.842. The van der Waals surface area contributed by atoms with E-state index in [0.29, 0.717) is 0 Å². The molecule has 2 nitrogen and oxygen atoms in total. The summed E-state index contributed by atoms with van der Waals surface area (Å²) < 4.78 is 7.45. The first-order chi connectivity index (χ1) is 31.7. The molecule has 1 aliphatic carbocycles. The lowest BCUT2D eigenvalue weighted by Gasteiger charge is -2.29. The Bertz CT molecular complexity index is 3580. The SMILES string of the molecule is C1=CCCC(c2cc(-c3ccccc3)cc(-c3ccc4c(oc5c6ccccc6c(-c6ccccc6)cc45)c3N(c3ccc(-c4ccccc4)cc3)c3ccc4ccccc4c3)c2)=C1. The van der Waals surface area contributed by atoms with Gasteiger partial charge in [0.2, 0.25) is 0 Å². The summed E-state index contributed by atoms with van der Waals surface area (Å²) in [7, 11) is 0. The number of fused-ring (bicyclic) bond motifs is 6. The van der Waals surface area contributed by atoms with Gasteiger partial charge in [0.05, 0.1) is 5.69 Å². The van der Waals surface area contributed by atoms with Crippen molar-refractivity contribution in [1.29, 1.82) is 0 Å². The van der Waals surface area contributed by atoms with Gasteiger partial charge in [0, 0.05) is 33.1 Å². The van der Waals surface area contributed by atoms with Crippen LogP contribution in [0.1, 0.15) is 18.4 Å². The van der Waals surface area contributed by atoms with E-state index < -0.39 is 0 Å². The van der Waals surface area contributed by atoms with Crippen molar-refractivity contribution in [2.75, 3.05) is 4.90 Å². The lowest BCUT2D eigenvalue weighted by atomic mass is 9.89. The van der Waals surface area contributed by atoms with E-state index in [1.807, 2.05) is 0 Å². The molecule has 0 radical (unpaired) electrons. The van der Waals surface area contributed by atoms with E-state index in [1.165, 1.54) is 60.7 Å². The van der Waals surface area contributed by atoms with Gasteiger partial charge in [-0.3, -0.25) is 0 Å². The molecule has 11 aromatic rings. The van der Waals surface area contributed by atoms with Crippen LogP contribution in [-0.2, 0) is 0 Å². The molecular formula is C62H43NO. The van der Waals surface area contributed by atoms with E-state index in [1.54, 1.807) is 0 Å². The second-order valence-electron chi connectivity index (χ2n) is 16.8. The van der Waals surface area contributed by atoms with Crippen LogP contribution in [0, 0.1) is 0 Å². The van der Waals surface area contributed by atoms with E-state index in [4.69, 9.17) is 4.42 Å². The molecule has 2 heteroatoms. The summed E-state index contributed by atoms with van der Waals surface area (Å²) >= 11 is 0. The maximum atomic E-state index is 7.45. The number of hydrogen-bond donors (Lipinski definition) is 0. The molecule has 64 heavy (non-hydrogen) atoms. The summed E-state index contributed by atoms with van der Waals surface area (Å²) in [5.41, 5.74) is 16.7. The van der Waals surface area contributed by atoms with Gasteiger partial charge in [0.1, 0.15) is 5.58 Å². The average molecular weight is 818 g/mol. The van der Waals surface area contributed by atoms with Crippen LogP contribution in [0.4, 0.5) is 17.1 Å². The predicted molar refractivity (Wildman–Crippen MR) is 272 cm³/mol. The maximum Gasteiger partial charge on any atom is 0.160 e. The third kappa shape index (κ3) is 6.68. The van der Waals surface area contributed by atoms with E-state index in [0.717, 1.165) is 68.4 Å². The standard InChI is InChI=1S/C62H43NO/c1-5-17-42(18-6-1)46-29-32-52(33-30-46)63(53-34-31-45-23-13-14-26-48(45)40-53)60-54(51-38-49(43-19-7-2-8-20-43)37-50(39-51)44-21-9-3-10-22-44)35-36-57-59-41-58(47-24-11-4-12-25-47)55-27-15-16-28-56(55)61(59)64-62(57)60/h1-9,11-21,23-41H,10,22H2. The lowest BCUT2D eigenvalue weighted by molar-refractivity contribution is 0.673. The van der Waals surface area contributed by atoms with E-state index in [-0.39, 0.29) is 0 Å². The lowest BCUT2D eigenvalue weighted by Crippen LogP contribution is -2.12. The zero-order chi connectivity index (χ0) is 42.4. The molecule has 0 saturated heterocycles. The highest BCUT2D eigenvalue weighted by atomic mass is 16.3. The van der Waals surface area contributed by atoms with Gasteiger partial charge in [-0.2, -0.15) is 0 Å². The molecule has 0 amide bonds. The molecular weight excluding hydrogens is 775 g/mol. The monoisotopic (exact) mass is 817 g/mol. The molecule has 10 aromatic carbocycles. The molecule has 0 spiro atoms. The van der Waals surface area contributed by atoms with Gasteiger partial charge in [0.15, 0.2) is 5.58 Å². The van der Waals surface area contributed by atoms with Gasteiger partial charge >= 0.3 is 0 Å². The first-order valence-electron chi connectivity index (χ1n) is 22.2. The topological polar surface area (TPSA) is 16.4 Å². The van der Waals surface area contributed by atoms with Crippen LogP contribution in [0.3, 0.4) is 0 Å². The molecule has 1 aliphatic rings. The largest absolute Gasteiger partial charge is 0.453 e. The average Bonchev–Trinajstić information content (AvgIpc) is 3.76. The maximum absolute atomic E-state index is 7.45. The normalized spacial score (nSPS) is 12.6. The van der Waals surface area contributed by atoms with Crippen LogP contribution in [0.15, 0.2) is 241 Å². The van der Waals surface area contributed by atoms with Crippen LogP contribution < -0.4 is 4.90 Å². The smallest absolute Gasteiger partial charge is 0.160 e. The number of furan rings is 1. The summed E-state index contributed by atoms with van der Waals surface area (Å²) in [6.07, 6.45) is 8.77. The summed E-state index contributed by atoms with van der Waals surface area (Å²) in [6, 6.07) is 79.3. The molecule has 302 valence electrons. The van der Waals surface area contributed by atoms with Crippen molar-refractivity contribution in [3.8, 4) is 44.5 Å². The third-order valence-corrected chi connectivity index (χ3v) is 12.9. The van der Waals surface area contributed by atoms with Crippen LogP contribution in [0.2, 0.25) is 0 Å². The molecule has 0 aliphatic heterocycles. The number of nitrogens with zero attached hydrogens (tertiary/aromatic N) is 1. The van der Waals surface area contributed by atoms with Gasteiger partial charge in [-0.25, -0.2) is 0 Å². The zero-order valence-corrected chi connectivity index (χ0v) is 35.3. The van der Waals surface area contributed by atoms with Crippen molar-refractivity contribution in [3.63, 3.8) is 0 Å². The fraction of sp³-hybridized carbons (Fsp3) is 0.0323. The van der Waals surface area contributed by atoms with Crippen molar-refractivity contribution in [2.45, 2.75) is 12.8 Å². The first-order valence-corrected chi connectivity index (χ1v) is 22.2. The van der Waals surface area contributed by atoms with Gasteiger partial charge in [-0.15, -0.1) is 0 Å². The second-order valence-corrected chi connectivity index (χ2v) is 16.8. The molecule has 0 atom stereocenters. The fourth-order valence-electron chi connectivity index (χ4n) is 9.72. The van der Waals surface area contributed by atoms with Crippen molar-refractivity contribution in [3.05, 3.63) is 242 Å². The van der Waals surface area contributed by atoms with Gasteiger partial charge in [-0.1, -0.05) is 182 Å². The van der Waals surface area contributed by atoms with Crippen LogP contribution in [-0.4, -0.2) is 0 Å². The minimum absolute atomic E-state index is 0.842. The molecule has 0 fully saturated rings. The summed E-state index contributed by atoms with van der Waals surface area (Å²) in [5, 5.41) is 6.80. The Labute approximate surface area is 373 Å². The van der Waals surface area contributed by atoms with Crippen LogP contribution in [0.25, 0.3) is 93.6 Å². The van der Waals surface area contributed by atoms with Crippen LogP contribution in [0.5, 0.6) is 0 Å². The Hall–Kier alpha value is -8.20. The Kier molecular flexibility index (Phi) is 9.34.